The molecule has 0 saturated carbocycles. The molecule has 104 valence electrons. The molecular formula is C16H18N2O2. The van der Waals surface area contributed by atoms with Crippen LogP contribution in [0.15, 0.2) is 42.6 Å². The summed E-state index contributed by atoms with van der Waals surface area (Å²) in [6.07, 6.45) is 2.17. The fourth-order valence-electron chi connectivity index (χ4n) is 1.98. The number of ketones is 1. The number of aromatic nitrogens is 1. The number of carbonyl (C=O) groups excluding carboxylic acids is 1. The van der Waals surface area contributed by atoms with Crippen molar-refractivity contribution >= 4 is 17.2 Å². The Balaban J connectivity index is 2.29. The SMILES string of the molecule is CCC(=O)c1ccc(N(C)c2ccccc2OC)cn1. The smallest absolute Gasteiger partial charge is 0.180 e. The van der Waals surface area contributed by atoms with Gasteiger partial charge in [0.2, 0.25) is 0 Å². The summed E-state index contributed by atoms with van der Waals surface area (Å²) in [6, 6.07) is 11.4. The van der Waals surface area contributed by atoms with Crippen LogP contribution in [0.1, 0.15) is 23.8 Å². The van der Waals surface area contributed by atoms with E-state index < -0.39 is 0 Å². The third kappa shape index (κ3) is 2.79. The molecule has 0 N–H and O–H groups in total. The average molecular weight is 270 g/mol. The Kier molecular flexibility index (Phi) is 4.35. The number of rotatable bonds is 5. The monoisotopic (exact) mass is 270 g/mol. The first-order chi connectivity index (χ1) is 9.67. The molecule has 0 saturated heterocycles. The predicted molar refractivity (Wildman–Crippen MR) is 79.9 cm³/mol. The van der Waals surface area contributed by atoms with Gasteiger partial charge in [-0.1, -0.05) is 19.1 Å². The molecule has 0 amide bonds. The molecule has 0 atom stereocenters. The highest BCUT2D eigenvalue weighted by Gasteiger charge is 2.11. The molecule has 2 rings (SSSR count). The van der Waals surface area contributed by atoms with E-state index >= 15 is 0 Å². The number of Topliss-reactive ketones (excluding diaryl/α,β-unsaturated/α-hetero) is 1. The second kappa shape index (κ2) is 6.19. The van der Waals surface area contributed by atoms with Crippen LogP contribution in [0, 0.1) is 0 Å². The summed E-state index contributed by atoms with van der Waals surface area (Å²) in [6.45, 7) is 1.83. The van der Waals surface area contributed by atoms with Gasteiger partial charge in [-0.25, -0.2) is 0 Å². The Hall–Kier alpha value is -2.36. The number of carbonyl (C=O) groups is 1. The molecule has 4 nitrogen and oxygen atoms in total. The number of nitrogens with zero attached hydrogens (tertiary/aromatic N) is 2. The molecule has 2 aromatic rings. The molecular weight excluding hydrogens is 252 g/mol. The second-order valence-corrected chi connectivity index (χ2v) is 4.41. The lowest BCUT2D eigenvalue weighted by Crippen LogP contribution is -2.11. The van der Waals surface area contributed by atoms with Crippen molar-refractivity contribution in [2.45, 2.75) is 13.3 Å². The highest BCUT2D eigenvalue weighted by molar-refractivity contribution is 5.94. The van der Waals surface area contributed by atoms with Crippen LogP contribution in [0.25, 0.3) is 0 Å². The zero-order valence-corrected chi connectivity index (χ0v) is 12.0. The average Bonchev–Trinajstić information content (AvgIpc) is 2.53. The van der Waals surface area contributed by atoms with Crippen LogP contribution in [-0.4, -0.2) is 24.9 Å². The van der Waals surface area contributed by atoms with E-state index in [1.54, 1.807) is 19.4 Å². The Morgan fingerprint density at radius 3 is 2.60 bits per heavy atom. The number of anilines is 2. The largest absolute Gasteiger partial charge is 0.495 e. The molecule has 4 heteroatoms. The third-order valence-electron chi connectivity index (χ3n) is 3.19. The van der Waals surface area contributed by atoms with E-state index in [0.29, 0.717) is 12.1 Å². The first kappa shape index (κ1) is 14.1. The first-order valence-corrected chi connectivity index (χ1v) is 6.53. The molecule has 1 aromatic carbocycles. The van der Waals surface area contributed by atoms with Gasteiger partial charge in [0.1, 0.15) is 11.4 Å². The van der Waals surface area contributed by atoms with Crippen LogP contribution in [0.2, 0.25) is 0 Å². The lowest BCUT2D eigenvalue weighted by Gasteiger charge is -2.21. The Labute approximate surface area is 119 Å². The van der Waals surface area contributed by atoms with Gasteiger partial charge in [0.25, 0.3) is 0 Å². The molecule has 20 heavy (non-hydrogen) atoms. The number of para-hydroxylation sites is 2. The highest BCUT2D eigenvalue weighted by Crippen LogP contribution is 2.31. The van der Waals surface area contributed by atoms with E-state index in [0.717, 1.165) is 17.1 Å². The fourth-order valence-corrected chi connectivity index (χ4v) is 1.98. The van der Waals surface area contributed by atoms with Crippen molar-refractivity contribution in [3.63, 3.8) is 0 Å². The molecule has 0 fully saturated rings. The summed E-state index contributed by atoms with van der Waals surface area (Å²) in [5.74, 6) is 0.847. The standard InChI is InChI=1S/C16H18N2O2/c1-4-15(19)13-10-9-12(11-17-13)18(2)14-7-5-6-8-16(14)20-3/h5-11H,4H2,1-3H3. The summed E-state index contributed by atoms with van der Waals surface area (Å²) in [4.78, 5) is 17.8. The quantitative estimate of drug-likeness (QED) is 0.780. The number of ether oxygens (including phenoxy) is 1. The molecule has 0 bridgehead atoms. The Bertz CT molecular complexity index is 594. The van der Waals surface area contributed by atoms with Crippen LogP contribution in [-0.2, 0) is 0 Å². The van der Waals surface area contributed by atoms with Crippen molar-refractivity contribution in [1.82, 2.24) is 4.98 Å². The van der Waals surface area contributed by atoms with Gasteiger partial charge in [-0.15, -0.1) is 0 Å². The van der Waals surface area contributed by atoms with Gasteiger partial charge in [0, 0.05) is 13.5 Å². The number of hydrogen-bond donors (Lipinski definition) is 0. The number of hydrogen-bond acceptors (Lipinski definition) is 4. The first-order valence-electron chi connectivity index (χ1n) is 6.53. The topological polar surface area (TPSA) is 42.4 Å². The number of methoxy groups -OCH3 is 1. The zero-order valence-electron chi connectivity index (χ0n) is 12.0. The predicted octanol–water partition coefficient (Wildman–Crippen LogP) is 3.45. The van der Waals surface area contributed by atoms with Crippen LogP contribution in [0.5, 0.6) is 5.75 Å². The summed E-state index contributed by atoms with van der Waals surface area (Å²) < 4.78 is 5.35. The summed E-state index contributed by atoms with van der Waals surface area (Å²) >= 11 is 0. The molecule has 0 aliphatic carbocycles. The van der Waals surface area contributed by atoms with Gasteiger partial charge >= 0.3 is 0 Å². The maximum absolute atomic E-state index is 11.6. The van der Waals surface area contributed by atoms with Crippen molar-refractivity contribution in [2.75, 3.05) is 19.1 Å². The lowest BCUT2D eigenvalue weighted by atomic mass is 10.2. The van der Waals surface area contributed by atoms with E-state index in [9.17, 15) is 4.79 Å². The molecule has 1 aromatic heterocycles. The lowest BCUT2D eigenvalue weighted by molar-refractivity contribution is 0.0983. The van der Waals surface area contributed by atoms with Crippen molar-refractivity contribution in [1.29, 1.82) is 0 Å². The fraction of sp³-hybridized carbons (Fsp3) is 0.250. The Morgan fingerprint density at radius 1 is 1.25 bits per heavy atom. The minimum absolute atomic E-state index is 0.0523. The summed E-state index contributed by atoms with van der Waals surface area (Å²) in [5, 5.41) is 0. The van der Waals surface area contributed by atoms with Gasteiger partial charge in [0.05, 0.1) is 24.7 Å². The van der Waals surface area contributed by atoms with E-state index in [4.69, 9.17) is 4.74 Å². The van der Waals surface area contributed by atoms with Crippen LogP contribution < -0.4 is 9.64 Å². The highest BCUT2D eigenvalue weighted by atomic mass is 16.5. The minimum atomic E-state index is 0.0523. The van der Waals surface area contributed by atoms with Crippen molar-refractivity contribution < 1.29 is 9.53 Å². The van der Waals surface area contributed by atoms with Crippen molar-refractivity contribution in [3.8, 4) is 5.75 Å². The van der Waals surface area contributed by atoms with Crippen LogP contribution >= 0.6 is 0 Å². The molecule has 0 aliphatic heterocycles. The Morgan fingerprint density at radius 2 is 2.00 bits per heavy atom. The van der Waals surface area contributed by atoms with Crippen molar-refractivity contribution in [3.05, 3.63) is 48.3 Å². The van der Waals surface area contributed by atoms with Crippen LogP contribution in [0.4, 0.5) is 11.4 Å². The van der Waals surface area contributed by atoms with Crippen molar-refractivity contribution in [2.24, 2.45) is 0 Å². The summed E-state index contributed by atoms with van der Waals surface area (Å²) in [5.41, 5.74) is 2.36. The minimum Gasteiger partial charge on any atom is -0.495 e. The second-order valence-electron chi connectivity index (χ2n) is 4.41. The molecule has 1 heterocycles. The van der Waals surface area contributed by atoms with Gasteiger partial charge in [-0.2, -0.15) is 0 Å². The van der Waals surface area contributed by atoms with E-state index in [-0.39, 0.29) is 5.78 Å². The zero-order chi connectivity index (χ0) is 14.5. The molecule has 0 radical (unpaired) electrons. The van der Waals surface area contributed by atoms with Gasteiger partial charge in [-0.05, 0) is 24.3 Å². The number of pyridine rings is 1. The van der Waals surface area contributed by atoms with Crippen LogP contribution in [0.3, 0.4) is 0 Å². The molecule has 0 spiro atoms. The normalized spacial score (nSPS) is 10.2. The van der Waals surface area contributed by atoms with E-state index in [2.05, 4.69) is 4.98 Å². The van der Waals surface area contributed by atoms with Gasteiger partial charge < -0.3 is 9.64 Å². The van der Waals surface area contributed by atoms with Gasteiger partial charge in [0.15, 0.2) is 5.78 Å². The maximum atomic E-state index is 11.6. The maximum Gasteiger partial charge on any atom is 0.180 e. The molecule has 0 aliphatic rings. The molecule has 0 unspecified atom stereocenters. The third-order valence-corrected chi connectivity index (χ3v) is 3.19. The van der Waals surface area contributed by atoms with E-state index in [1.165, 1.54) is 0 Å². The van der Waals surface area contributed by atoms with Gasteiger partial charge in [-0.3, -0.25) is 9.78 Å². The number of benzene rings is 1. The summed E-state index contributed by atoms with van der Waals surface area (Å²) in [7, 11) is 3.59. The van der Waals surface area contributed by atoms with E-state index in [1.807, 2.05) is 49.2 Å².